The Bertz CT molecular complexity index is 1620. The number of rotatable bonds is 6. The molecule has 7 rings (SSSR count). The third kappa shape index (κ3) is 8.22. The Labute approximate surface area is 266 Å². The Morgan fingerprint density at radius 2 is 1.56 bits per heavy atom. The fraction of sp³-hybridized carbons (Fsp3) is 0.417. The Kier molecular flexibility index (Phi) is 10.7. The van der Waals surface area contributed by atoms with Gasteiger partial charge in [0.2, 0.25) is 0 Å². The largest absolute Gasteiger partial charge is 0.370 e. The number of primary amides is 1. The normalized spacial score (nSPS) is 16.7. The van der Waals surface area contributed by atoms with Crippen molar-refractivity contribution in [2.45, 2.75) is 51.9 Å². The first kappa shape index (κ1) is 32.0. The van der Waals surface area contributed by atoms with Crippen molar-refractivity contribution in [3.63, 3.8) is 0 Å². The molecule has 4 N–H and O–H groups in total. The molecule has 1 saturated carbocycles. The van der Waals surface area contributed by atoms with E-state index >= 15 is 0 Å². The Morgan fingerprint density at radius 3 is 2.22 bits per heavy atom. The number of aromatic amines is 1. The van der Waals surface area contributed by atoms with Gasteiger partial charge in [-0.05, 0) is 98.5 Å². The van der Waals surface area contributed by atoms with Gasteiger partial charge in [0.05, 0.1) is 17.6 Å². The highest BCUT2D eigenvalue weighted by Gasteiger charge is 2.23. The van der Waals surface area contributed by atoms with Crippen LogP contribution in [-0.4, -0.2) is 67.1 Å². The molecular formula is C36H47N7O2. The predicted molar refractivity (Wildman–Crippen MR) is 186 cm³/mol. The molecule has 0 unspecified atom stereocenters. The summed E-state index contributed by atoms with van der Waals surface area (Å²) in [4.78, 5) is 37.4. The first-order valence-electron chi connectivity index (χ1n) is 16.4. The molecule has 3 aliphatic rings. The standard InChI is InChI=1S/C22H30N6O.C12H11NO.C2H6/c1-26-11-13-28(14-12-26)18-7-5-17(6-8-18)25-20-15-19(16-24-21(20)22(23)29)27-9-3-2-4-10-27;14-12-11-4-3-9(8-1-2-8)7-10(11)5-6-13-12;1-2/h5-8,15-16,25H,2-4,9-14H2,1H3,(H2,23,29);3-8H,1-2H2,(H,13,14);1-2H3. The average molecular weight is 610 g/mol. The number of carbonyl (C=O) groups is 1. The van der Waals surface area contributed by atoms with Gasteiger partial charge in [0.25, 0.3) is 11.5 Å². The number of piperidine rings is 1. The van der Waals surface area contributed by atoms with Crippen LogP contribution in [0.1, 0.15) is 67.9 Å². The summed E-state index contributed by atoms with van der Waals surface area (Å²) < 4.78 is 0. The molecule has 2 aromatic heterocycles. The van der Waals surface area contributed by atoms with Crippen molar-refractivity contribution in [2.24, 2.45) is 5.73 Å². The van der Waals surface area contributed by atoms with E-state index in [9.17, 15) is 9.59 Å². The summed E-state index contributed by atoms with van der Waals surface area (Å²) in [5.74, 6) is 0.227. The molecule has 9 heteroatoms. The Morgan fingerprint density at radius 1 is 0.867 bits per heavy atom. The molecule has 2 aliphatic heterocycles. The summed E-state index contributed by atoms with van der Waals surface area (Å²) in [6, 6.07) is 18.5. The van der Waals surface area contributed by atoms with Crippen LogP contribution in [0.5, 0.6) is 0 Å². The number of nitrogens with one attached hydrogen (secondary N) is 2. The van der Waals surface area contributed by atoms with Gasteiger partial charge in [0.1, 0.15) is 0 Å². The molecular weight excluding hydrogens is 562 g/mol. The number of anilines is 4. The van der Waals surface area contributed by atoms with Crippen molar-refractivity contribution in [3.8, 4) is 0 Å². The van der Waals surface area contributed by atoms with E-state index in [0.29, 0.717) is 5.69 Å². The molecule has 2 saturated heterocycles. The molecule has 4 aromatic rings. The summed E-state index contributed by atoms with van der Waals surface area (Å²) in [6.45, 7) is 10.3. The second-order valence-corrected chi connectivity index (χ2v) is 11.9. The van der Waals surface area contributed by atoms with Gasteiger partial charge in [0, 0.05) is 62.2 Å². The molecule has 0 spiro atoms. The smallest absolute Gasteiger partial charge is 0.269 e. The highest BCUT2D eigenvalue weighted by molar-refractivity contribution is 5.97. The zero-order valence-electron chi connectivity index (χ0n) is 26.9. The van der Waals surface area contributed by atoms with E-state index in [4.69, 9.17) is 5.73 Å². The average Bonchev–Trinajstić information content (AvgIpc) is 3.93. The molecule has 2 aromatic carbocycles. The van der Waals surface area contributed by atoms with E-state index < -0.39 is 5.91 Å². The van der Waals surface area contributed by atoms with Crippen LogP contribution in [0.4, 0.5) is 22.7 Å². The van der Waals surface area contributed by atoms with Crippen LogP contribution >= 0.6 is 0 Å². The first-order chi connectivity index (χ1) is 21.9. The molecule has 1 amide bonds. The van der Waals surface area contributed by atoms with E-state index in [2.05, 4.69) is 61.3 Å². The number of nitrogens with zero attached hydrogens (tertiary/aromatic N) is 4. The van der Waals surface area contributed by atoms with Gasteiger partial charge in [0.15, 0.2) is 5.69 Å². The lowest BCUT2D eigenvalue weighted by molar-refractivity contribution is 0.0996. The number of benzene rings is 2. The van der Waals surface area contributed by atoms with Crippen molar-refractivity contribution in [1.29, 1.82) is 0 Å². The van der Waals surface area contributed by atoms with Crippen LogP contribution in [0, 0.1) is 0 Å². The lowest BCUT2D eigenvalue weighted by Crippen LogP contribution is -2.44. The molecule has 4 heterocycles. The lowest BCUT2D eigenvalue weighted by atomic mass is 10.1. The minimum Gasteiger partial charge on any atom is -0.370 e. The number of hydrogen-bond donors (Lipinski definition) is 3. The number of fused-ring (bicyclic) bond motifs is 1. The van der Waals surface area contributed by atoms with Crippen LogP contribution in [0.15, 0.2) is 71.8 Å². The molecule has 0 radical (unpaired) electrons. The van der Waals surface area contributed by atoms with Gasteiger partial charge in [-0.25, -0.2) is 4.98 Å². The van der Waals surface area contributed by atoms with Crippen molar-refractivity contribution >= 4 is 39.4 Å². The van der Waals surface area contributed by atoms with Crippen molar-refractivity contribution in [1.82, 2.24) is 14.9 Å². The van der Waals surface area contributed by atoms with Crippen LogP contribution in [0.3, 0.4) is 0 Å². The predicted octanol–water partition coefficient (Wildman–Crippen LogP) is 6.10. The van der Waals surface area contributed by atoms with Gasteiger partial charge < -0.3 is 30.7 Å². The topological polar surface area (TPSA) is 111 Å². The van der Waals surface area contributed by atoms with Crippen LogP contribution < -0.4 is 26.4 Å². The maximum atomic E-state index is 11.9. The van der Waals surface area contributed by atoms with Crippen molar-refractivity contribution in [3.05, 3.63) is 88.6 Å². The van der Waals surface area contributed by atoms with Gasteiger partial charge in [-0.1, -0.05) is 26.0 Å². The molecule has 45 heavy (non-hydrogen) atoms. The molecule has 238 valence electrons. The van der Waals surface area contributed by atoms with Crippen LogP contribution in [-0.2, 0) is 0 Å². The van der Waals surface area contributed by atoms with Gasteiger partial charge in [-0.2, -0.15) is 0 Å². The zero-order chi connectivity index (χ0) is 31.8. The lowest BCUT2D eigenvalue weighted by Gasteiger charge is -2.34. The van der Waals surface area contributed by atoms with Gasteiger partial charge >= 0.3 is 0 Å². The van der Waals surface area contributed by atoms with Gasteiger partial charge in [-0.3, -0.25) is 9.59 Å². The number of amides is 1. The minimum atomic E-state index is -0.522. The maximum Gasteiger partial charge on any atom is 0.269 e. The zero-order valence-corrected chi connectivity index (χ0v) is 26.9. The summed E-state index contributed by atoms with van der Waals surface area (Å²) in [5.41, 5.74) is 11.1. The second-order valence-electron chi connectivity index (χ2n) is 11.9. The molecule has 1 aliphatic carbocycles. The van der Waals surface area contributed by atoms with Gasteiger partial charge in [-0.15, -0.1) is 0 Å². The second kappa shape index (κ2) is 15.1. The summed E-state index contributed by atoms with van der Waals surface area (Å²) in [5, 5.41) is 5.20. The Hall–Kier alpha value is -4.37. The maximum absolute atomic E-state index is 11.9. The fourth-order valence-electron chi connectivity index (χ4n) is 5.93. The summed E-state index contributed by atoms with van der Waals surface area (Å²) in [6.07, 6.45) is 9.72. The molecule has 0 bridgehead atoms. The fourth-order valence-corrected chi connectivity index (χ4v) is 5.93. The number of hydrogen-bond acceptors (Lipinski definition) is 7. The van der Waals surface area contributed by atoms with E-state index in [1.807, 2.05) is 44.2 Å². The highest BCUT2D eigenvalue weighted by Crippen LogP contribution is 2.40. The monoisotopic (exact) mass is 609 g/mol. The Balaban J connectivity index is 0.000000207. The molecule has 0 atom stereocenters. The molecule has 9 nitrogen and oxygen atoms in total. The quantitative estimate of drug-likeness (QED) is 0.242. The minimum absolute atomic E-state index is 0.00449. The number of likely N-dealkylation sites (N-methyl/N-ethyl adjacent to an activating group) is 1. The highest BCUT2D eigenvalue weighted by atomic mass is 16.1. The van der Waals surface area contributed by atoms with E-state index in [-0.39, 0.29) is 11.3 Å². The summed E-state index contributed by atoms with van der Waals surface area (Å²) in [7, 11) is 2.16. The number of piperazine rings is 1. The number of pyridine rings is 2. The van der Waals surface area contributed by atoms with E-state index in [1.54, 1.807) is 12.4 Å². The molecule has 3 fully saturated rings. The third-order valence-electron chi connectivity index (χ3n) is 8.69. The number of aromatic nitrogens is 2. The summed E-state index contributed by atoms with van der Waals surface area (Å²) >= 11 is 0. The van der Waals surface area contributed by atoms with E-state index in [1.165, 1.54) is 43.4 Å². The van der Waals surface area contributed by atoms with Crippen molar-refractivity contribution < 1.29 is 4.79 Å². The number of H-pyrrole nitrogens is 1. The van der Waals surface area contributed by atoms with Crippen molar-refractivity contribution in [2.75, 3.05) is 61.4 Å². The third-order valence-corrected chi connectivity index (χ3v) is 8.69. The van der Waals surface area contributed by atoms with Crippen LogP contribution in [0.2, 0.25) is 0 Å². The first-order valence-corrected chi connectivity index (χ1v) is 16.4. The van der Waals surface area contributed by atoms with Crippen LogP contribution in [0.25, 0.3) is 10.8 Å². The number of carbonyl (C=O) groups excluding carboxylic acids is 1. The van der Waals surface area contributed by atoms with E-state index in [0.717, 1.165) is 67.3 Å². The SMILES string of the molecule is CC.CN1CCN(c2ccc(Nc3cc(N4CCCCC4)cnc3C(N)=O)cc2)CC1.O=c1[nH]ccc2cc(C3CC3)ccc12. The number of nitrogens with two attached hydrogens (primary N) is 1.